The Hall–Kier alpha value is -3.77. The number of rotatable bonds is 6. The Morgan fingerprint density at radius 2 is 1.61 bits per heavy atom. The second kappa shape index (κ2) is 9.38. The zero-order chi connectivity index (χ0) is 23.5. The number of aromatic nitrogens is 1. The van der Waals surface area contributed by atoms with Crippen molar-refractivity contribution >= 4 is 34.1 Å². The molecule has 1 aromatic heterocycles. The Balaban J connectivity index is 1.85. The highest BCUT2D eigenvalue weighted by atomic mass is 35.5. The van der Waals surface area contributed by atoms with Crippen molar-refractivity contribution in [2.45, 2.75) is 6.92 Å². The number of para-hydroxylation sites is 1. The molecule has 3 aromatic carbocycles. The monoisotopic (exact) mass is 462 g/mol. The number of carbonyl (C=O) groups is 1. The van der Waals surface area contributed by atoms with Crippen LogP contribution in [-0.2, 0) is 0 Å². The molecule has 0 aliphatic carbocycles. The van der Waals surface area contributed by atoms with E-state index in [-0.39, 0.29) is 5.91 Å². The van der Waals surface area contributed by atoms with Gasteiger partial charge in [0.05, 0.1) is 48.8 Å². The van der Waals surface area contributed by atoms with E-state index in [2.05, 4.69) is 5.32 Å². The number of pyridine rings is 1. The van der Waals surface area contributed by atoms with Gasteiger partial charge in [-0.1, -0.05) is 29.8 Å². The number of halogens is 1. The van der Waals surface area contributed by atoms with Gasteiger partial charge in [0.1, 0.15) is 17.2 Å². The van der Waals surface area contributed by atoms with E-state index in [9.17, 15) is 4.79 Å². The molecule has 0 radical (unpaired) electrons. The minimum atomic E-state index is -0.288. The molecule has 1 amide bonds. The van der Waals surface area contributed by atoms with Gasteiger partial charge < -0.3 is 19.5 Å². The average molecular weight is 463 g/mol. The zero-order valence-corrected chi connectivity index (χ0v) is 19.5. The van der Waals surface area contributed by atoms with Crippen LogP contribution >= 0.6 is 11.6 Å². The summed E-state index contributed by atoms with van der Waals surface area (Å²) < 4.78 is 16.0. The van der Waals surface area contributed by atoms with E-state index in [1.165, 1.54) is 14.2 Å². The largest absolute Gasteiger partial charge is 0.497 e. The summed E-state index contributed by atoms with van der Waals surface area (Å²) >= 11 is 6.21. The van der Waals surface area contributed by atoms with Gasteiger partial charge in [0.25, 0.3) is 5.91 Å². The molecule has 0 aliphatic rings. The van der Waals surface area contributed by atoms with Gasteiger partial charge >= 0.3 is 0 Å². The lowest BCUT2D eigenvalue weighted by Crippen LogP contribution is -2.16. The first-order chi connectivity index (χ1) is 16.0. The number of benzene rings is 3. The molecule has 4 aromatic rings. The maximum atomic E-state index is 13.6. The van der Waals surface area contributed by atoms with Crippen molar-refractivity contribution in [3.8, 4) is 28.5 Å². The molecule has 168 valence electrons. The van der Waals surface area contributed by atoms with Crippen LogP contribution < -0.4 is 19.5 Å². The summed E-state index contributed by atoms with van der Waals surface area (Å²) in [4.78, 5) is 18.4. The summed E-state index contributed by atoms with van der Waals surface area (Å²) in [6, 6.07) is 18.4. The average Bonchev–Trinajstić information content (AvgIpc) is 2.84. The van der Waals surface area contributed by atoms with E-state index in [1.807, 2.05) is 55.5 Å². The molecule has 0 saturated heterocycles. The van der Waals surface area contributed by atoms with Crippen LogP contribution in [0.1, 0.15) is 15.9 Å². The van der Waals surface area contributed by atoms with Crippen molar-refractivity contribution in [2.75, 3.05) is 26.6 Å². The van der Waals surface area contributed by atoms with Gasteiger partial charge in [-0.2, -0.15) is 0 Å². The number of ether oxygens (including phenoxy) is 3. The fourth-order valence-corrected chi connectivity index (χ4v) is 4.00. The molecule has 33 heavy (non-hydrogen) atoms. The quantitative estimate of drug-likeness (QED) is 0.372. The number of carbonyl (C=O) groups excluding carboxylic acids is 1. The smallest absolute Gasteiger partial charge is 0.256 e. The van der Waals surface area contributed by atoms with Gasteiger partial charge in [-0.3, -0.25) is 4.79 Å². The number of hydrogen-bond donors (Lipinski definition) is 1. The van der Waals surface area contributed by atoms with Crippen molar-refractivity contribution in [3.63, 3.8) is 0 Å². The molecule has 0 spiro atoms. The van der Waals surface area contributed by atoms with E-state index in [1.54, 1.807) is 19.2 Å². The number of amides is 1. The third-order valence-corrected chi connectivity index (χ3v) is 5.74. The molecule has 0 fully saturated rings. The Morgan fingerprint density at radius 3 is 2.27 bits per heavy atom. The van der Waals surface area contributed by atoms with E-state index in [0.29, 0.717) is 27.8 Å². The van der Waals surface area contributed by atoms with Crippen molar-refractivity contribution in [2.24, 2.45) is 0 Å². The lowest BCUT2D eigenvalue weighted by molar-refractivity contribution is 0.102. The Bertz CT molecular complexity index is 1340. The van der Waals surface area contributed by atoms with Crippen molar-refractivity contribution < 1.29 is 19.0 Å². The van der Waals surface area contributed by atoms with Gasteiger partial charge in [-0.05, 0) is 42.8 Å². The number of fused-ring (bicyclic) bond motifs is 1. The summed E-state index contributed by atoms with van der Waals surface area (Å²) in [6.07, 6.45) is 0. The van der Waals surface area contributed by atoms with Crippen LogP contribution in [0.4, 0.5) is 5.69 Å². The minimum absolute atomic E-state index is 0.288. The van der Waals surface area contributed by atoms with Gasteiger partial charge in [-0.25, -0.2) is 4.98 Å². The lowest BCUT2D eigenvalue weighted by atomic mass is 9.97. The van der Waals surface area contributed by atoms with Crippen molar-refractivity contribution in [3.05, 3.63) is 76.8 Å². The predicted octanol–water partition coefficient (Wildman–Crippen LogP) is 6.14. The van der Waals surface area contributed by atoms with Gasteiger partial charge in [0.2, 0.25) is 0 Å². The summed E-state index contributed by atoms with van der Waals surface area (Å²) in [5, 5.41) is 4.10. The van der Waals surface area contributed by atoms with E-state index >= 15 is 0 Å². The molecule has 0 atom stereocenters. The van der Waals surface area contributed by atoms with Crippen LogP contribution in [0.2, 0.25) is 5.02 Å². The van der Waals surface area contributed by atoms with Crippen LogP contribution in [0, 0.1) is 6.92 Å². The number of hydrogen-bond acceptors (Lipinski definition) is 5. The normalized spacial score (nSPS) is 10.7. The summed E-state index contributed by atoms with van der Waals surface area (Å²) in [5.74, 6) is 1.33. The van der Waals surface area contributed by atoms with E-state index in [0.717, 1.165) is 33.5 Å². The third kappa shape index (κ3) is 4.30. The Labute approximate surface area is 197 Å². The number of nitrogens with zero attached hydrogens (tertiary/aromatic N) is 1. The van der Waals surface area contributed by atoms with Crippen LogP contribution in [0.15, 0.2) is 60.7 Å². The van der Waals surface area contributed by atoms with Crippen molar-refractivity contribution in [1.29, 1.82) is 0 Å². The van der Waals surface area contributed by atoms with Crippen LogP contribution in [0.25, 0.3) is 22.2 Å². The highest BCUT2D eigenvalue weighted by Crippen LogP contribution is 2.37. The molecular formula is C26H23ClN2O4. The minimum Gasteiger partial charge on any atom is -0.497 e. The first-order valence-electron chi connectivity index (χ1n) is 10.2. The molecule has 0 bridgehead atoms. The van der Waals surface area contributed by atoms with Crippen molar-refractivity contribution in [1.82, 2.24) is 4.98 Å². The standard InChI is InChI=1S/C26H23ClN2O4/c1-15-24(26(30)29-21-14-22(32-3)19(27)13-23(21)33-4)18-7-5-6-8-20(18)28-25(15)16-9-11-17(31-2)12-10-16/h5-14H,1-4H3,(H,29,30). The maximum absolute atomic E-state index is 13.6. The molecule has 0 saturated carbocycles. The SMILES string of the molecule is COc1ccc(-c2nc3ccccc3c(C(=O)Nc3cc(OC)c(Cl)cc3OC)c2C)cc1. The molecule has 4 rings (SSSR count). The molecule has 1 N–H and O–H groups in total. The molecule has 1 heterocycles. The second-order valence-electron chi connectivity index (χ2n) is 7.35. The number of anilines is 1. The van der Waals surface area contributed by atoms with Crippen LogP contribution in [0.5, 0.6) is 17.2 Å². The number of methoxy groups -OCH3 is 3. The van der Waals surface area contributed by atoms with E-state index < -0.39 is 0 Å². The molecule has 6 nitrogen and oxygen atoms in total. The molecular weight excluding hydrogens is 440 g/mol. The second-order valence-corrected chi connectivity index (χ2v) is 7.75. The fraction of sp³-hybridized carbons (Fsp3) is 0.154. The van der Waals surface area contributed by atoms with Crippen LogP contribution in [-0.4, -0.2) is 32.2 Å². The third-order valence-electron chi connectivity index (χ3n) is 5.45. The van der Waals surface area contributed by atoms with Gasteiger partial charge in [0.15, 0.2) is 0 Å². The predicted molar refractivity (Wildman–Crippen MR) is 131 cm³/mol. The number of nitrogens with one attached hydrogen (secondary N) is 1. The van der Waals surface area contributed by atoms with Gasteiger partial charge in [0, 0.05) is 23.1 Å². The summed E-state index contributed by atoms with van der Waals surface area (Å²) in [5.41, 5.74) is 4.08. The Kier molecular flexibility index (Phi) is 6.38. The Morgan fingerprint density at radius 1 is 0.909 bits per heavy atom. The fourth-order valence-electron chi connectivity index (χ4n) is 3.77. The molecule has 7 heteroatoms. The zero-order valence-electron chi connectivity index (χ0n) is 18.7. The first-order valence-corrected chi connectivity index (χ1v) is 10.6. The highest BCUT2D eigenvalue weighted by molar-refractivity contribution is 6.32. The summed E-state index contributed by atoms with van der Waals surface area (Å²) in [6.45, 7) is 1.90. The maximum Gasteiger partial charge on any atom is 0.256 e. The molecule has 0 aliphatic heterocycles. The lowest BCUT2D eigenvalue weighted by Gasteiger charge is -2.17. The summed E-state index contributed by atoms with van der Waals surface area (Å²) in [7, 11) is 4.65. The topological polar surface area (TPSA) is 69.7 Å². The molecule has 0 unspecified atom stereocenters. The highest BCUT2D eigenvalue weighted by Gasteiger charge is 2.21. The van der Waals surface area contributed by atoms with E-state index in [4.69, 9.17) is 30.8 Å². The first kappa shape index (κ1) is 22.4. The van der Waals surface area contributed by atoms with Crippen LogP contribution in [0.3, 0.4) is 0 Å². The van der Waals surface area contributed by atoms with Gasteiger partial charge in [-0.15, -0.1) is 0 Å².